The third kappa shape index (κ3) is 4.64. The summed E-state index contributed by atoms with van der Waals surface area (Å²) >= 11 is 0. The SMILES string of the molecule is Cc1cccc(CNc2ccc(NC(=O)c3cccc(F)c3)cn2)c1. The Labute approximate surface area is 145 Å². The molecule has 1 heterocycles. The highest BCUT2D eigenvalue weighted by atomic mass is 19.1. The molecule has 0 aliphatic heterocycles. The van der Waals surface area contributed by atoms with Gasteiger partial charge in [-0.2, -0.15) is 0 Å². The molecule has 0 radical (unpaired) electrons. The molecular weight excluding hydrogens is 317 g/mol. The normalized spacial score (nSPS) is 10.3. The Morgan fingerprint density at radius 3 is 2.64 bits per heavy atom. The molecular formula is C20H18FN3O. The summed E-state index contributed by atoms with van der Waals surface area (Å²) in [5, 5.41) is 5.93. The standard InChI is InChI=1S/C20H18FN3O/c1-14-4-2-5-15(10-14)12-22-19-9-8-18(13-23-19)24-20(25)16-6-3-7-17(21)11-16/h2-11,13H,12H2,1H3,(H,22,23)(H,24,25). The van der Waals surface area contributed by atoms with E-state index in [0.717, 1.165) is 0 Å². The smallest absolute Gasteiger partial charge is 0.255 e. The second-order valence-corrected chi connectivity index (χ2v) is 5.74. The molecule has 2 aromatic carbocycles. The van der Waals surface area contributed by atoms with Crippen molar-refractivity contribution < 1.29 is 9.18 Å². The van der Waals surface area contributed by atoms with E-state index in [1.807, 2.05) is 12.1 Å². The van der Waals surface area contributed by atoms with Crippen LogP contribution in [-0.4, -0.2) is 10.9 Å². The molecule has 0 aliphatic rings. The molecule has 3 aromatic rings. The lowest BCUT2D eigenvalue weighted by molar-refractivity contribution is 0.102. The average Bonchev–Trinajstić information content (AvgIpc) is 2.61. The van der Waals surface area contributed by atoms with Crippen molar-refractivity contribution >= 4 is 17.4 Å². The Hall–Kier alpha value is -3.21. The van der Waals surface area contributed by atoms with Gasteiger partial charge in [-0.1, -0.05) is 35.9 Å². The van der Waals surface area contributed by atoms with Crippen LogP contribution in [0.1, 0.15) is 21.5 Å². The monoisotopic (exact) mass is 335 g/mol. The van der Waals surface area contributed by atoms with Crippen molar-refractivity contribution in [3.63, 3.8) is 0 Å². The number of rotatable bonds is 5. The Kier molecular flexibility index (Phi) is 5.04. The number of nitrogens with one attached hydrogen (secondary N) is 2. The van der Waals surface area contributed by atoms with E-state index in [4.69, 9.17) is 0 Å². The quantitative estimate of drug-likeness (QED) is 0.727. The van der Waals surface area contributed by atoms with Crippen molar-refractivity contribution in [2.24, 2.45) is 0 Å². The Balaban J connectivity index is 1.59. The molecule has 0 bridgehead atoms. The van der Waals surface area contributed by atoms with Gasteiger partial charge in [0.15, 0.2) is 0 Å². The van der Waals surface area contributed by atoms with Gasteiger partial charge in [-0.05, 0) is 42.8 Å². The fourth-order valence-electron chi connectivity index (χ4n) is 2.42. The first-order valence-corrected chi connectivity index (χ1v) is 7.92. The van der Waals surface area contributed by atoms with Crippen LogP contribution in [0.5, 0.6) is 0 Å². The maximum atomic E-state index is 13.2. The van der Waals surface area contributed by atoms with E-state index < -0.39 is 5.82 Å². The summed E-state index contributed by atoms with van der Waals surface area (Å²) in [6, 6.07) is 17.3. The highest BCUT2D eigenvalue weighted by molar-refractivity contribution is 6.04. The number of nitrogens with zero attached hydrogens (tertiary/aromatic N) is 1. The molecule has 25 heavy (non-hydrogen) atoms. The molecule has 0 saturated heterocycles. The summed E-state index contributed by atoms with van der Waals surface area (Å²) in [5.74, 6) is -0.103. The summed E-state index contributed by atoms with van der Waals surface area (Å²) in [4.78, 5) is 16.4. The van der Waals surface area contributed by atoms with E-state index in [9.17, 15) is 9.18 Å². The first-order valence-electron chi connectivity index (χ1n) is 7.92. The first kappa shape index (κ1) is 16.6. The zero-order valence-corrected chi connectivity index (χ0v) is 13.8. The summed E-state index contributed by atoms with van der Waals surface area (Å²) < 4.78 is 13.2. The van der Waals surface area contributed by atoms with Crippen LogP contribution in [-0.2, 0) is 6.54 Å². The van der Waals surface area contributed by atoms with E-state index in [1.165, 1.54) is 29.3 Å². The third-order valence-electron chi connectivity index (χ3n) is 3.66. The molecule has 126 valence electrons. The summed E-state index contributed by atoms with van der Waals surface area (Å²) in [6.07, 6.45) is 1.57. The minimum Gasteiger partial charge on any atom is -0.366 e. The van der Waals surface area contributed by atoms with Crippen LogP contribution in [0.2, 0.25) is 0 Å². The van der Waals surface area contributed by atoms with E-state index in [1.54, 1.807) is 24.4 Å². The zero-order valence-electron chi connectivity index (χ0n) is 13.8. The molecule has 2 N–H and O–H groups in total. The number of aromatic nitrogens is 1. The van der Waals surface area contributed by atoms with Crippen molar-refractivity contribution in [2.45, 2.75) is 13.5 Å². The van der Waals surface area contributed by atoms with E-state index in [2.05, 4.69) is 34.7 Å². The number of hydrogen-bond donors (Lipinski definition) is 2. The molecule has 0 unspecified atom stereocenters. The third-order valence-corrected chi connectivity index (χ3v) is 3.66. The van der Waals surface area contributed by atoms with Gasteiger partial charge in [0.2, 0.25) is 0 Å². The lowest BCUT2D eigenvalue weighted by Gasteiger charge is -2.08. The van der Waals surface area contributed by atoms with Gasteiger partial charge in [0.05, 0.1) is 11.9 Å². The van der Waals surface area contributed by atoms with Crippen molar-refractivity contribution in [3.8, 4) is 0 Å². The van der Waals surface area contributed by atoms with Gasteiger partial charge in [-0.25, -0.2) is 9.37 Å². The summed E-state index contributed by atoms with van der Waals surface area (Å²) in [5.41, 5.74) is 3.20. The Morgan fingerprint density at radius 1 is 1.08 bits per heavy atom. The number of carbonyl (C=O) groups excluding carboxylic acids is 1. The highest BCUT2D eigenvalue weighted by Gasteiger charge is 2.07. The lowest BCUT2D eigenvalue weighted by atomic mass is 10.1. The predicted octanol–water partition coefficient (Wildman–Crippen LogP) is 4.39. The van der Waals surface area contributed by atoms with Crippen molar-refractivity contribution in [2.75, 3.05) is 10.6 Å². The van der Waals surface area contributed by atoms with E-state index in [-0.39, 0.29) is 11.5 Å². The number of aryl methyl sites for hydroxylation is 1. The molecule has 0 fully saturated rings. The minimum absolute atomic E-state index is 0.265. The fourth-order valence-corrected chi connectivity index (χ4v) is 2.42. The second-order valence-electron chi connectivity index (χ2n) is 5.74. The molecule has 0 aliphatic carbocycles. The van der Waals surface area contributed by atoms with Crippen LogP contribution in [0.3, 0.4) is 0 Å². The molecule has 0 atom stereocenters. The molecule has 1 amide bonds. The lowest BCUT2D eigenvalue weighted by Crippen LogP contribution is -2.12. The number of halogens is 1. The number of benzene rings is 2. The highest BCUT2D eigenvalue weighted by Crippen LogP contribution is 2.13. The Bertz CT molecular complexity index is 878. The van der Waals surface area contributed by atoms with Crippen LogP contribution in [0, 0.1) is 12.7 Å². The van der Waals surface area contributed by atoms with Gasteiger partial charge in [-0.15, -0.1) is 0 Å². The van der Waals surface area contributed by atoms with Gasteiger partial charge in [0.25, 0.3) is 5.91 Å². The van der Waals surface area contributed by atoms with Crippen LogP contribution < -0.4 is 10.6 Å². The first-order chi connectivity index (χ1) is 12.1. The largest absolute Gasteiger partial charge is 0.366 e. The zero-order chi connectivity index (χ0) is 17.6. The number of pyridine rings is 1. The maximum Gasteiger partial charge on any atom is 0.255 e. The van der Waals surface area contributed by atoms with Gasteiger partial charge in [0.1, 0.15) is 11.6 Å². The summed E-state index contributed by atoms with van der Waals surface area (Å²) in [7, 11) is 0. The topological polar surface area (TPSA) is 54.0 Å². The predicted molar refractivity (Wildman–Crippen MR) is 97.1 cm³/mol. The van der Waals surface area contributed by atoms with Gasteiger partial charge in [-0.3, -0.25) is 4.79 Å². The summed E-state index contributed by atoms with van der Waals surface area (Å²) in [6.45, 7) is 2.72. The van der Waals surface area contributed by atoms with Crippen molar-refractivity contribution in [1.82, 2.24) is 4.98 Å². The van der Waals surface area contributed by atoms with Crippen molar-refractivity contribution in [3.05, 3.63) is 89.4 Å². The number of anilines is 2. The number of amides is 1. The van der Waals surface area contributed by atoms with Gasteiger partial charge < -0.3 is 10.6 Å². The van der Waals surface area contributed by atoms with Crippen LogP contribution >= 0.6 is 0 Å². The molecule has 3 rings (SSSR count). The minimum atomic E-state index is -0.443. The molecule has 1 aromatic heterocycles. The van der Waals surface area contributed by atoms with Gasteiger partial charge in [0, 0.05) is 12.1 Å². The Morgan fingerprint density at radius 2 is 1.92 bits per heavy atom. The second kappa shape index (κ2) is 7.57. The van der Waals surface area contributed by atoms with Crippen LogP contribution in [0.15, 0.2) is 66.9 Å². The van der Waals surface area contributed by atoms with Crippen LogP contribution in [0.4, 0.5) is 15.9 Å². The fraction of sp³-hybridized carbons (Fsp3) is 0.100. The molecule has 0 spiro atoms. The van der Waals surface area contributed by atoms with E-state index in [0.29, 0.717) is 18.1 Å². The van der Waals surface area contributed by atoms with Gasteiger partial charge >= 0.3 is 0 Å². The molecule has 5 heteroatoms. The average molecular weight is 335 g/mol. The molecule has 4 nitrogen and oxygen atoms in total. The van der Waals surface area contributed by atoms with E-state index >= 15 is 0 Å². The number of hydrogen-bond acceptors (Lipinski definition) is 3. The maximum absolute atomic E-state index is 13.2. The molecule has 0 saturated carbocycles. The van der Waals surface area contributed by atoms with Crippen LogP contribution in [0.25, 0.3) is 0 Å². The van der Waals surface area contributed by atoms with Crippen molar-refractivity contribution in [1.29, 1.82) is 0 Å². The number of carbonyl (C=O) groups is 1.